The van der Waals surface area contributed by atoms with E-state index in [0.717, 1.165) is 0 Å². The highest BCUT2D eigenvalue weighted by molar-refractivity contribution is 7.91. The van der Waals surface area contributed by atoms with Crippen LogP contribution in [0.2, 0.25) is 0 Å². The number of non-ortho nitro benzene ring substituents is 1. The van der Waals surface area contributed by atoms with Crippen LogP contribution in [0.3, 0.4) is 0 Å². The Hall–Kier alpha value is -3.20. The fourth-order valence-electron chi connectivity index (χ4n) is 2.23. The lowest BCUT2D eigenvalue weighted by molar-refractivity contribution is -0.384. The normalized spacial score (nSPS) is 11.2. The number of nitrogens with zero attached hydrogens (tertiary/aromatic N) is 2. The van der Waals surface area contributed by atoms with E-state index in [1.54, 1.807) is 24.3 Å². The first-order valence-corrected chi connectivity index (χ1v) is 8.65. The summed E-state index contributed by atoms with van der Waals surface area (Å²) in [6.45, 7) is 0. The molecule has 0 saturated heterocycles. The van der Waals surface area contributed by atoms with Crippen molar-refractivity contribution in [2.75, 3.05) is 12.4 Å². The number of aromatic nitrogens is 1. The third kappa shape index (κ3) is 3.09. The Labute approximate surface area is 143 Å². The van der Waals surface area contributed by atoms with Crippen molar-refractivity contribution in [2.45, 2.75) is 9.92 Å². The SMILES string of the molecule is CNc1oc(-c2cccc([N+](=O)[O-])c2)nc1S(=O)(=O)c1ccccc1. The van der Waals surface area contributed by atoms with Crippen molar-refractivity contribution in [3.8, 4) is 11.5 Å². The summed E-state index contributed by atoms with van der Waals surface area (Å²) in [6.07, 6.45) is 0. The molecule has 0 spiro atoms. The Bertz CT molecular complexity index is 1030. The Morgan fingerprint density at radius 3 is 2.48 bits per heavy atom. The average molecular weight is 359 g/mol. The summed E-state index contributed by atoms with van der Waals surface area (Å²) in [4.78, 5) is 14.5. The highest BCUT2D eigenvalue weighted by atomic mass is 32.2. The zero-order valence-electron chi connectivity index (χ0n) is 13.0. The van der Waals surface area contributed by atoms with Crippen LogP contribution in [0.25, 0.3) is 11.5 Å². The summed E-state index contributed by atoms with van der Waals surface area (Å²) in [7, 11) is -2.39. The standard InChI is InChI=1S/C16H13N3O5S/c1-17-15-16(25(22,23)13-8-3-2-4-9-13)18-14(24-15)11-6-5-7-12(10-11)19(20)21/h2-10,17H,1H3. The minimum Gasteiger partial charge on any atom is -0.419 e. The van der Waals surface area contributed by atoms with Gasteiger partial charge in [0.05, 0.1) is 9.82 Å². The van der Waals surface area contributed by atoms with Crippen LogP contribution in [-0.4, -0.2) is 25.4 Å². The molecule has 2 aromatic carbocycles. The number of oxazole rings is 1. The summed E-state index contributed by atoms with van der Waals surface area (Å²) in [5.74, 6) is -0.0621. The third-order valence-electron chi connectivity index (χ3n) is 3.44. The first-order chi connectivity index (χ1) is 11.9. The van der Waals surface area contributed by atoms with Gasteiger partial charge in [0.1, 0.15) is 0 Å². The Morgan fingerprint density at radius 2 is 1.84 bits per heavy atom. The number of sulfone groups is 1. The second kappa shape index (κ2) is 6.36. The predicted molar refractivity (Wildman–Crippen MR) is 90.0 cm³/mol. The Balaban J connectivity index is 2.12. The molecule has 0 aliphatic heterocycles. The van der Waals surface area contributed by atoms with E-state index in [0.29, 0.717) is 5.56 Å². The van der Waals surface area contributed by atoms with Gasteiger partial charge in [-0.05, 0) is 18.2 Å². The molecule has 1 heterocycles. The fourth-order valence-corrected chi connectivity index (χ4v) is 3.56. The van der Waals surface area contributed by atoms with Crippen LogP contribution in [-0.2, 0) is 9.84 Å². The Morgan fingerprint density at radius 1 is 1.12 bits per heavy atom. The number of benzene rings is 2. The molecule has 0 bridgehead atoms. The predicted octanol–water partition coefficient (Wildman–Crippen LogP) is 3.12. The first-order valence-electron chi connectivity index (χ1n) is 7.17. The number of nitrogens with one attached hydrogen (secondary N) is 1. The van der Waals surface area contributed by atoms with Crippen molar-refractivity contribution in [1.29, 1.82) is 0 Å². The molecule has 8 nitrogen and oxygen atoms in total. The molecule has 128 valence electrons. The molecule has 1 N–H and O–H groups in total. The van der Waals surface area contributed by atoms with Gasteiger partial charge in [-0.2, -0.15) is 4.98 Å². The van der Waals surface area contributed by atoms with E-state index in [2.05, 4.69) is 10.3 Å². The summed E-state index contributed by atoms with van der Waals surface area (Å²) in [5.41, 5.74) is 0.161. The zero-order chi connectivity index (χ0) is 18.0. The summed E-state index contributed by atoms with van der Waals surface area (Å²) >= 11 is 0. The van der Waals surface area contributed by atoms with E-state index in [9.17, 15) is 18.5 Å². The molecule has 0 saturated carbocycles. The van der Waals surface area contributed by atoms with Gasteiger partial charge in [0.15, 0.2) is 0 Å². The lowest BCUT2D eigenvalue weighted by atomic mass is 10.2. The van der Waals surface area contributed by atoms with E-state index in [1.807, 2.05) is 0 Å². The maximum Gasteiger partial charge on any atom is 0.270 e. The van der Waals surface area contributed by atoms with E-state index in [1.165, 1.54) is 37.4 Å². The highest BCUT2D eigenvalue weighted by Gasteiger charge is 2.28. The second-order valence-corrected chi connectivity index (χ2v) is 6.89. The zero-order valence-corrected chi connectivity index (χ0v) is 13.9. The van der Waals surface area contributed by atoms with Gasteiger partial charge in [0, 0.05) is 24.7 Å². The molecule has 3 aromatic rings. The van der Waals surface area contributed by atoms with E-state index in [4.69, 9.17) is 4.42 Å². The van der Waals surface area contributed by atoms with Gasteiger partial charge in [-0.25, -0.2) is 8.42 Å². The molecule has 0 atom stereocenters. The number of nitro groups is 1. The molecule has 0 aliphatic carbocycles. The number of anilines is 1. The van der Waals surface area contributed by atoms with Gasteiger partial charge >= 0.3 is 0 Å². The largest absolute Gasteiger partial charge is 0.419 e. The van der Waals surface area contributed by atoms with Crippen molar-refractivity contribution in [2.24, 2.45) is 0 Å². The van der Waals surface area contributed by atoms with Gasteiger partial charge < -0.3 is 9.73 Å². The summed E-state index contributed by atoms with van der Waals surface area (Å²) in [5, 5.41) is 13.3. The molecule has 0 unspecified atom stereocenters. The van der Waals surface area contributed by atoms with Crippen LogP contribution in [0.4, 0.5) is 11.6 Å². The lowest BCUT2D eigenvalue weighted by Crippen LogP contribution is -2.05. The van der Waals surface area contributed by atoms with Gasteiger partial charge in [-0.1, -0.05) is 24.3 Å². The minimum absolute atomic E-state index is 0.0254. The lowest BCUT2D eigenvalue weighted by Gasteiger charge is -2.02. The van der Waals surface area contributed by atoms with Crippen molar-refractivity contribution in [1.82, 2.24) is 4.98 Å². The number of nitro benzene ring substituents is 1. The molecule has 0 fully saturated rings. The molecule has 3 rings (SSSR count). The molecule has 25 heavy (non-hydrogen) atoms. The molecule has 1 aromatic heterocycles. The molecular formula is C16H13N3O5S. The Kier molecular flexibility index (Phi) is 4.24. The highest BCUT2D eigenvalue weighted by Crippen LogP contribution is 2.32. The van der Waals surface area contributed by atoms with Crippen LogP contribution >= 0.6 is 0 Å². The smallest absolute Gasteiger partial charge is 0.270 e. The van der Waals surface area contributed by atoms with Crippen molar-refractivity contribution in [3.05, 3.63) is 64.7 Å². The van der Waals surface area contributed by atoms with Crippen molar-refractivity contribution in [3.63, 3.8) is 0 Å². The first kappa shape index (κ1) is 16.7. The van der Waals surface area contributed by atoms with Gasteiger partial charge in [-0.3, -0.25) is 10.1 Å². The van der Waals surface area contributed by atoms with Gasteiger partial charge in [-0.15, -0.1) is 0 Å². The maximum absolute atomic E-state index is 12.8. The van der Waals surface area contributed by atoms with Gasteiger partial charge in [0.25, 0.3) is 5.69 Å². The fraction of sp³-hybridized carbons (Fsp3) is 0.0625. The van der Waals surface area contributed by atoms with E-state index >= 15 is 0 Å². The number of hydrogen-bond acceptors (Lipinski definition) is 7. The van der Waals surface area contributed by atoms with Crippen LogP contribution in [0.1, 0.15) is 0 Å². The average Bonchev–Trinajstić information content (AvgIpc) is 3.08. The van der Waals surface area contributed by atoms with E-state index < -0.39 is 14.8 Å². The van der Waals surface area contributed by atoms with Crippen molar-refractivity contribution >= 4 is 21.4 Å². The number of hydrogen-bond donors (Lipinski definition) is 1. The summed E-state index contributed by atoms with van der Waals surface area (Å²) in [6, 6.07) is 13.4. The van der Waals surface area contributed by atoms with Crippen LogP contribution in [0.15, 0.2) is 68.9 Å². The maximum atomic E-state index is 12.8. The van der Waals surface area contributed by atoms with Crippen LogP contribution < -0.4 is 5.32 Å². The quantitative estimate of drug-likeness (QED) is 0.549. The van der Waals surface area contributed by atoms with Crippen LogP contribution in [0, 0.1) is 10.1 Å². The molecule has 0 aliphatic rings. The second-order valence-electron chi connectivity index (χ2n) is 5.03. The third-order valence-corrected chi connectivity index (χ3v) is 5.11. The topological polar surface area (TPSA) is 115 Å². The molecular weight excluding hydrogens is 346 g/mol. The molecule has 9 heteroatoms. The van der Waals surface area contributed by atoms with E-state index in [-0.39, 0.29) is 27.4 Å². The number of rotatable bonds is 5. The summed E-state index contributed by atoms with van der Waals surface area (Å²) < 4.78 is 31.0. The molecule has 0 amide bonds. The monoisotopic (exact) mass is 359 g/mol. The minimum atomic E-state index is -3.90. The van der Waals surface area contributed by atoms with Gasteiger partial charge in [0.2, 0.25) is 26.6 Å². The van der Waals surface area contributed by atoms with Crippen molar-refractivity contribution < 1.29 is 17.8 Å². The van der Waals surface area contributed by atoms with Crippen LogP contribution in [0.5, 0.6) is 0 Å². The molecule has 0 radical (unpaired) electrons.